The fraction of sp³-hybridized carbons (Fsp3) is 0.200. The molecular weight excluding hydrogens is 295 g/mol. The molecule has 0 amide bonds. The van der Waals surface area contributed by atoms with E-state index in [-0.39, 0.29) is 4.90 Å². The summed E-state index contributed by atoms with van der Waals surface area (Å²) in [6.45, 7) is 0. The van der Waals surface area contributed by atoms with E-state index in [1.165, 1.54) is 19.2 Å². The molecule has 112 valence electrons. The first kappa shape index (κ1) is 15.5. The van der Waals surface area contributed by atoms with Crippen molar-refractivity contribution in [3.63, 3.8) is 0 Å². The molecule has 2 aromatic carbocycles. The number of methoxy groups -OCH3 is 1. The Kier molecular flexibility index (Phi) is 4.59. The normalized spacial score (nSPS) is 12.9. The molecule has 0 radical (unpaired) electrons. The van der Waals surface area contributed by atoms with Crippen LogP contribution < -0.4 is 4.74 Å². The van der Waals surface area contributed by atoms with Crippen molar-refractivity contribution in [3.05, 3.63) is 59.9 Å². The Bertz CT molecular complexity index is 711. The van der Waals surface area contributed by atoms with Crippen LogP contribution in [0.1, 0.15) is 11.7 Å². The summed E-state index contributed by atoms with van der Waals surface area (Å²) < 4.78 is 42.3. The second-order valence-corrected chi connectivity index (χ2v) is 6.53. The Morgan fingerprint density at radius 3 is 2.38 bits per heavy atom. The van der Waals surface area contributed by atoms with Crippen molar-refractivity contribution in [2.45, 2.75) is 11.0 Å². The first-order chi connectivity index (χ1) is 9.94. The molecule has 2 rings (SSSR count). The average Bonchev–Trinajstić information content (AvgIpc) is 2.47. The molecule has 6 heteroatoms. The zero-order chi connectivity index (χ0) is 15.5. The molecule has 0 fully saturated rings. The number of aliphatic hydroxyl groups is 1. The lowest BCUT2D eigenvalue weighted by atomic mass is 10.1. The molecule has 2 aromatic rings. The molecule has 0 aliphatic carbocycles. The van der Waals surface area contributed by atoms with Gasteiger partial charge in [0.2, 0.25) is 0 Å². The average molecular weight is 310 g/mol. The number of rotatable bonds is 5. The lowest BCUT2D eigenvalue weighted by molar-refractivity contribution is 0.196. The van der Waals surface area contributed by atoms with Crippen LogP contribution >= 0.6 is 0 Å². The van der Waals surface area contributed by atoms with E-state index in [0.717, 1.165) is 12.1 Å². The van der Waals surface area contributed by atoms with Crippen molar-refractivity contribution in [1.29, 1.82) is 0 Å². The zero-order valence-electron chi connectivity index (χ0n) is 11.4. The summed E-state index contributed by atoms with van der Waals surface area (Å²) in [5, 5.41) is 10.2. The molecule has 0 aromatic heterocycles. The van der Waals surface area contributed by atoms with E-state index in [9.17, 15) is 17.9 Å². The number of para-hydroxylation sites is 1. The van der Waals surface area contributed by atoms with E-state index in [2.05, 4.69) is 0 Å². The minimum atomic E-state index is -3.72. The zero-order valence-corrected chi connectivity index (χ0v) is 12.2. The summed E-state index contributed by atoms with van der Waals surface area (Å²) >= 11 is 0. The number of hydrogen-bond donors (Lipinski definition) is 1. The van der Waals surface area contributed by atoms with Crippen LogP contribution in [0.3, 0.4) is 0 Å². The predicted molar refractivity (Wildman–Crippen MR) is 76.4 cm³/mol. The standard InChI is InChI=1S/C15H15FO4S/c1-20-15-5-3-2-4-13(15)14(17)10-21(18,19)12-8-6-11(16)7-9-12/h2-9,14,17H,10H2,1H3. The van der Waals surface area contributed by atoms with Crippen molar-refractivity contribution in [3.8, 4) is 5.75 Å². The van der Waals surface area contributed by atoms with Gasteiger partial charge in [0.1, 0.15) is 11.6 Å². The number of aliphatic hydroxyl groups excluding tert-OH is 1. The Hall–Kier alpha value is -1.92. The molecule has 0 spiro atoms. The van der Waals surface area contributed by atoms with Gasteiger partial charge < -0.3 is 9.84 Å². The molecule has 1 atom stereocenters. The molecule has 1 unspecified atom stereocenters. The van der Waals surface area contributed by atoms with Crippen LogP contribution in [0.2, 0.25) is 0 Å². The quantitative estimate of drug-likeness (QED) is 0.861. The smallest absolute Gasteiger partial charge is 0.181 e. The number of benzene rings is 2. The number of halogens is 1. The second kappa shape index (κ2) is 6.24. The summed E-state index contributed by atoms with van der Waals surface area (Å²) in [4.78, 5) is -0.0298. The van der Waals surface area contributed by atoms with Gasteiger partial charge in [0.05, 0.1) is 23.9 Å². The molecular formula is C15H15FO4S. The van der Waals surface area contributed by atoms with Crippen LogP contribution in [0, 0.1) is 5.82 Å². The van der Waals surface area contributed by atoms with E-state index in [1.54, 1.807) is 24.3 Å². The molecule has 0 aliphatic heterocycles. The van der Waals surface area contributed by atoms with E-state index in [1.807, 2.05) is 0 Å². The molecule has 4 nitrogen and oxygen atoms in total. The van der Waals surface area contributed by atoms with Crippen LogP contribution in [-0.4, -0.2) is 26.4 Å². The van der Waals surface area contributed by atoms with Gasteiger partial charge in [0.25, 0.3) is 0 Å². The molecule has 0 bridgehead atoms. The molecule has 0 saturated carbocycles. The highest BCUT2D eigenvalue weighted by molar-refractivity contribution is 7.91. The van der Waals surface area contributed by atoms with Crippen LogP contribution in [0.15, 0.2) is 53.4 Å². The monoisotopic (exact) mass is 310 g/mol. The van der Waals surface area contributed by atoms with Gasteiger partial charge >= 0.3 is 0 Å². The highest BCUT2D eigenvalue weighted by Crippen LogP contribution is 2.27. The second-order valence-electron chi connectivity index (χ2n) is 4.49. The van der Waals surface area contributed by atoms with Gasteiger partial charge in [-0.15, -0.1) is 0 Å². The van der Waals surface area contributed by atoms with E-state index < -0.39 is 27.5 Å². The first-order valence-electron chi connectivity index (χ1n) is 6.23. The molecule has 0 saturated heterocycles. The van der Waals surface area contributed by atoms with Crippen LogP contribution in [0.4, 0.5) is 4.39 Å². The maximum Gasteiger partial charge on any atom is 0.181 e. The Morgan fingerprint density at radius 2 is 1.76 bits per heavy atom. The van der Waals surface area contributed by atoms with Crippen molar-refractivity contribution in [1.82, 2.24) is 0 Å². The topological polar surface area (TPSA) is 63.6 Å². The third-order valence-electron chi connectivity index (χ3n) is 3.05. The highest BCUT2D eigenvalue weighted by Gasteiger charge is 2.23. The van der Waals surface area contributed by atoms with E-state index >= 15 is 0 Å². The van der Waals surface area contributed by atoms with Gasteiger partial charge in [-0.1, -0.05) is 18.2 Å². The van der Waals surface area contributed by atoms with Gasteiger partial charge in [0, 0.05) is 5.56 Å². The van der Waals surface area contributed by atoms with Crippen LogP contribution in [0.5, 0.6) is 5.75 Å². The summed E-state index contributed by atoms with van der Waals surface area (Å²) in [6.07, 6.45) is -1.23. The largest absolute Gasteiger partial charge is 0.496 e. The Morgan fingerprint density at radius 1 is 1.14 bits per heavy atom. The first-order valence-corrected chi connectivity index (χ1v) is 7.88. The molecule has 0 aliphatic rings. The Labute approximate surface area is 122 Å². The summed E-state index contributed by atoms with van der Waals surface area (Å²) in [5.74, 6) is -0.600. The van der Waals surface area contributed by atoms with E-state index in [0.29, 0.717) is 11.3 Å². The molecule has 21 heavy (non-hydrogen) atoms. The summed E-state index contributed by atoms with van der Waals surface area (Å²) in [6, 6.07) is 11.2. The number of hydrogen-bond acceptors (Lipinski definition) is 4. The fourth-order valence-electron chi connectivity index (χ4n) is 1.98. The lowest BCUT2D eigenvalue weighted by Gasteiger charge is -2.15. The van der Waals surface area contributed by atoms with Crippen molar-refractivity contribution in [2.24, 2.45) is 0 Å². The van der Waals surface area contributed by atoms with E-state index in [4.69, 9.17) is 4.74 Å². The Balaban J connectivity index is 2.25. The lowest BCUT2D eigenvalue weighted by Crippen LogP contribution is -2.15. The highest BCUT2D eigenvalue weighted by atomic mass is 32.2. The predicted octanol–water partition coefficient (Wildman–Crippen LogP) is 2.34. The van der Waals surface area contributed by atoms with Crippen molar-refractivity contribution < 1.29 is 22.7 Å². The SMILES string of the molecule is COc1ccccc1C(O)CS(=O)(=O)c1ccc(F)cc1. The van der Waals surface area contributed by atoms with Gasteiger partial charge in [-0.2, -0.15) is 0 Å². The third kappa shape index (κ3) is 3.59. The van der Waals surface area contributed by atoms with Gasteiger partial charge in [0.15, 0.2) is 9.84 Å². The minimum absolute atomic E-state index is 0.0298. The third-order valence-corrected chi connectivity index (χ3v) is 4.79. The van der Waals surface area contributed by atoms with Crippen molar-refractivity contribution >= 4 is 9.84 Å². The maximum absolute atomic E-state index is 12.8. The van der Waals surface area contributed by atoms with Crippen molar-refractivity contribution in [2.75, 3.05) is 12.9 Å². The molecule has 1 N–H and O–H groups in total. The van der Waals surface area contributed by atoms with Gasteiger partial charge in [-0.3, -0.25) is 0 Å². The maximum atomic E-state index is 12.8. The van der Waals surface area contributed by atoms with Crippen LogP contribution in [-0.2, 0) is 9.84 Å². The van der Waals surface area contributed by atoms with Gasteiger partial charge in [-0.25, -0.2) is 12.8 Å². The number of ether oxygens (including phenoxy) is 1. The molecule has 0 heterocycles. The van der Waals surface area contributed by atoms with Gasteiger partial charge in [-0.05, 0) is 30.3 Å². The van der Waals surface area contributed by atoms with Crippen LogP contribution in [0.25, 0.3) is 0 Å². The number of sulfone groups is 1. The fourth-order valence-corrected chi connectivity index (χ4v) is 3.32. The summed E-state index contributed by atoms with van der Waals surface area (Å²) in [5.41, 5.74) is 0.394. The minimum Gasteiger partial charge on any atom is -0.496 e. The summed E-state index contributed by atoms with van der Waals surface area (Å²) in [7, 11) is -2.28.